The third kappa shape index (κ3) is 6.27. The van der Waals surface area contributed by atoms with Crippen molar-refractivity contribution in [3.8, 4) is 5.75 Å². The lowest BCUT2D eigenvalue weighted by Crippen LogP contribution is -2.52. The van der Waals surface area contributed by atoms with E-state index in [-0.39, 0.29) is 18.9 Å². The van der Waals surface area contributed by atoms with Crippen LogP contribution in [-0.4, -0.2) is 35.7 Å². The van der Waals surface area contributed by atoms with E-state index in [4.69, 9.17) is 31.2 Å². The number of halogens is 2. The molecule has 0 spiro atoms. The molecule has 0 aliphatic carbocycles. The number of hydrogen-bond donors (Lipinski definition) is 3. The van der Waals surface area contributed by atoms with Crippen molar-refractivity contribution >= 4 is 39.3 Å². The van der Waals surface area contributed by atoms with Crippen LogP contribution >= 0.6 is 27.5 Å². The van der Waals surface area contributed by atoms with Crippen LogP contribution in [0.2, 0.25) is 5.02 Å². The molecule has 38 heavy (non-hydrogen) atoms. The van der Waals surface area contributed by atoms with Gasteiger partial charge >= 0.3 is 0 Å². The minimum atomic E-state index is -1.31. The summed E-state index contributed by atoms with van der Waals surface area (Å²) in [4.78, 5) is 18.7. The molecule has 3 aromatic carbocycles. The number of aliphatic imine (C=N–C) groups is 1. The summed E-state index contributed by atoms with van der Waals surface area (Å²) >= 11 is 9.88. The SMILES string of the molecule is C=CC[C@]1(C(=O)NNCc2ccccc2Cl)N=C(c2ccc(OCCCO)cc2)O[C@H]1c1ccccc1Br. The highest BCUT2D eigenvalue weighted by Crippen LogP contribution is 2.44. The highest BCUT2D eigenvalue weighted by Gasteiger charge is 2.53. The highest BCUT2D eigenvalue weighted by molar-refractivity contribution is 9.10. The van der Waals surface area contributed by atoms with Crippen LogP contribution in [0.25, 0.3) is 0 Å². The van der Waals surface area contributed by atoms with Crippen molar-refractivity contribution in [3.63, 3.8) is 0 Å². The molecule has 0 unspecified atom stereocenters. The van der Waals surface area contributed by atoms with E-state index in [1.54, 1.807) is 12.1 Å². The summed E-state index contributed by atoms with van der Waals surface area (Å²) in [6.45, 7) is 4.72. The number of carbonyl (C=O) groups is 1. The van der Waals surface area contributed by atoms with Crippen LogP contribution in [0, 0.1) is 0 Å². The number of aliphatic hydroxyl groups is 1. The Morgan fingerprint density at radius 3 is 2.61 bits per heavy atom. The molecule has 0 fully saturated rings. The van der Waals surface area contributed by atoms with Crippen molar-refractivity contribution in [2.75, 3.05) is 13.2 Å². The second-order valence-corrected chi connectivity index (χ2v) is 9.96. The number of nitrogens with zero attached hydrogens (tertiary/aromatic N) is 1. The standard InChI is InChI=1S/C29H29BrClN3O4/c1-2-16-29(28(36)34-32-19-21-8-3-6-11-25(21)31)26(23-9-4-5-10-24(23)30)38-27(33-29)20-12-14-22(15-13-20)37-18-7-17-35/h2-6,8-15,26,32,35H,1,7,16-19H2,(H,34,36)/t26-,29-/m0/s1. The zero-order valence-corrected chi connectivity index (χ0v) is 23.0. The molecule has 0 aromatic heterocycles. The van der Waals surface area contributed by atoms with Gasteiger partial charge in [-0.15, -0.1) is 6.58 Å². The van der Waals surface area contributed by atoms with E-state index in [0.717, 1.165) is 15.6 Å². The summed E-state index contributed by atoms with van der Waals surface area (Å²) in [6, 6.07) is 22.3. The molecule has 1 heterocycles. The van der Waals surface area contributed by atoms with E-state index >= 15 is 0 Å². The molecule has 1 aliphatic rings. The van der Waals surface area contributed by atoms with Crippen molar-refractivity contribution < 1.29 is 19.4 Å². The van der Waals surface area contributed by atoms with Crippen LogP contribution in [0.3, 0.4) is 0 Å². The number of aliphatic hydroxyl groups excluding tert-OH is 1. The lowest BCUT2D eigenvalue weighted by atomic mass is 9.84. The number of rotatable bonds is 12. The first-order chi connectivity index (χ1) is 18.5. The van der Waals surface area contributed by atoms with Gasteiger partial charge in [-0.25, -0.2) is 10.4 Å². The average Bonchev–Trinajstić information content (AvgIpc) is 3.31. The zero-order valence-electron chi connectivity index (χ0n) is 20.7. The molecule has 1 amide bonds. The Morgan fingerprint density at radius 1 is 1.16 bits per heavy atom. The molecule has 2 atom stereocenters. The van der Waals surface area contributed by atoms with Crippen LogP contribution < -0.4 is 15.6 Å². The maximum Gasteiger partial charge on any atom is 0.266 e. The number of nitrogens with one attached hydrogen (secondary N) is 2. The summed E-state index contributed by atoms with van der Waals surface area (Å²) in [5.74, 6) is 0.655. The monoisotopic (exact) mass is 597 g/mol. The van der Waals surface area contributed by atoms with Crippen LogP contribution in [-0.2, 0) is 16.1 Å². The molecule has 3 aromatic rings. The number of ether oxygens (including phenoxy) is 2. The third-order valence-electron chi connectivity index (χ3n) is 6.11. The highest BCUT2D eigenvalue weighted by atomic mass is 79.9. The second-order valence-electron chi connectivity index (χ2n) is 8.70. The Labute approximate surface area is 235 Å². The number of carbonyl (C=O) groups excluding carboxylic acids is 1. The average molecular weight is 599 g/mol. The van der Waals surface area contributed by atoms with E-state index in [1.807, 2.05) is 66.7 Å². The van der Waals surface area contributed by atoms with E-state index in [1.165, 1.54) is 0 Å². The summed E-state index contributed by atoms with van der Waals surface area (Å²) in [5.41, 5.74) is 6.84. The van der Waals surface area contributed by atoms with Gasteiger partial charge in [0, 0.05) is 46.6 Å². The van der Waals surface area contributed by atoms with Crippen LogP contribution in [0.1, 0.15) is 35.6 Å². The van der Waals surface area contributed by atoms with Crippen LogP contribution in [0.5, 0.6) is 5.75 Å². The minimum absolute atomic E-state index is 0.0693. The van der Waals surface area contributed by atoms with Gasteiger partial charge in [-0.3, -0.25) is 10.2 Å². The Balaban J connectivity index is 1.63. The number of amides is 1. The van der Waals surface area contributed by atoms with Gasteiger partial charge in [-0.05, 0) is 42.0 Å². The van der Waals surface area contributed by atoms with Gasteiger partial charge in [0.1, 0.15) is 5.75 Å². The number of hydrazine groups is 1. The first-order valence-electron chi connectivity index (χ1n) is 12.2. The van der Waals surface area contributed by atoms with Gasteiger partial charge in [0.15, 0.2) is 11.6 Å². The summed E-state index contributed by atoms with van der Waals surface area (Å²) in [7, 11) is 0. The van der Waals surface area contributed by atoms with Gasteiger partial charge in [0.2, 0.25) is 5.90 Å². The van der Waals surface area contributed by atoms with Gasteiger partial charge in [0.25, 0.3) is 5.91 Å². The van der Waals surface area contributed by atoms with Gasteiger partial charge < -0.3 is 14.6 Å². The molecule has 0 saturated heterocycles. The Hall–Kier alpha value is -3.17. The summed E-state index contributed by atoms with van der Waals surface area (Å²) in [6.07, 6.45) is 1.75. The van der Waals surface area contributed by atoms with Crippen molar-refractivity contribution in [1.29, 1.82) is 0 Å². The fourth-order valence-corrected chi connectivity index (χ4v) is 4.86. The maximum absolute atomic E-state index is 13.8. The van der Waals surface area contributed by atoms with Crippen molar-refractivity contribution in [3.05, 3.63) is 112 Å². The molecule has 198 valence electrons. The van der Waals surface area contributed by atoms with E-state index in [2.05, 4.69) is 33.4 Å². The molecule has 0 radical (unpaired) electrons. The topological polar surface area (TPSA) is 92.2 Å². The molecule has 0 saturated carbocycles. The smallest absolute Gasteiger partial charge is 0.266 e. The van der Waals surface area contributed by atoms with Crippen LogP contribution in [0.4, 0.5) is 0 Å². The number of benzene rings is 3. The molecule has 4 rings (SSSR count). The molecular weight excluding hydrogens is 570 g/mol. The Kier molecular flexibility index (Phi) is 9.58. The number of hydrogen-bond acceptors (Lipinski definition) is 6. The van der Waals surface area contributed by atoms with Crippen LogP contribution in [0.15, 0.2) is 94.9 Å². The van der Waals surface area contributed by atoms with Gasteiger partial charge in [0.05, 0.1) is 6.61 Å². The van der Waals surface area contributed by atoms with E-state index in [9.17, 15) is 4.79 Å². The van der Waals surface area contributed by atoms with E-state index < -0.39 is 11.6 Å². The third-order valence-corrected chi connectivity index (χ3v) is 7.20. The fraction of sp³-hybridized carbons (Fsp3) is 0.241. The molecular formula is C29H29BrClN3O4. The first kappa shape index (κ1) is 27.9. The lowest BCUT2D eigenvalue weighted by Gasteiger charge is -2.30. The molecule has 1 aliphatic heterocycles. The maximum atomic E-state index is 13.8. The molecule has 0 bridgehead atoms. The summed E-state index contributed by atoms with van der Waals surface area (Å²) in [5, 5.41) is 9.57. The predicted molar refractivity (Wildman–Crippen MR) is 152 cm³/mol. The lowest BCUT2D eigenvalue weighted by molar-refractivity contribution is -0.129. The van der Waals surface area contributed by atoms with Crippen molar-refractivity contribution in [1.82, 2.24) is 10.9 Å². The minimum Gasteiger partial charge on any atom is -0.494 e. The first-order valence-corrected chi connectivity index (χ1v) is 13.4. The van der Waals surface area contributed by atoms with E-state index in [0.29, 0.717) is 41.8 Å². The molecule has 7 nitrogen and oxygen atoms in total. The molecule has 3 N–H and O–H groups in total. The zero-order chi connectivity index (χ0) is 27.0. The second kappa shape index (κ2) is 13.1. The van der Waals surface area contributed by atoms with Crippen molar-refractivity contribution in [2.24, 2.45) is 4.99 Å². The normalized spacial score (nSPS) is 18.4. The van der Waals surface area contributed by atoms with Gasteiger partial charge in [-0.2, -0.15) is 0 Å². The Bertz CT molecular complexity index is 1300. The van der Waals surface area contributed by atoms with Gasteiger partial charge in [-0.1, -0.05) is 70.0 Å². The molecule has 9 heteroatoms. The Morgan fingerprint density at radius 2 is 1.89 bits per heavy atom. The quantitative estimate of drug-likeness (QED) is 0.145. The predicted octanol–water partition coefficient (Wildman–Crippen LogP) is 5.52. The summed E-state index contributed by atoms with van der Waals surface area (Å²) < 4.78 is 12.9. The van der Waals surface area contributed by atoms with Crippen molar-refractivity contribution in [2.45, 2.75) is 31.0 Å². The fourth-order valence-electron chi connectivity index (χ4n) is 4.17. The largest absolute Gasteiger partial charge is 0.494 e.